The van der Waals surface area contributed by atoms with Gasteiger partial charge in [0, 0.05) is 24.2 Å². The third kappa shape index (κ3) is 6.67. The number of hydrogen-bond acceptors (Lipinski definition) is 8. The Bertz CT molecular complexity index is 1360. The molecule has 1 amide bonds. The molecule has 1 aromatic heterocycles. The van der Waals surface area contributed by atoms with Crippen LogP contribution in [0.5, 0.6) is 28.9 Å². The molecule has 200 valence electrons. The number of hydrogen-bond donors (Lipinski definition) is 1. The smallest absolute Gasteiger partial charge is 0.347 e. The van der Waals surface area contributed by atoms with Gasteiger partial charge in [0.2, 0.25) is 12.7 Å². The van der Waals surface area contributed by atoms with E-state index in [0.29, 0.717) is 17.2 Å². The van der Waals surface area contributed by atoms with E-state index in [4.69, 9.17) is 23.7 Å². The van der Waals surface area contributed by atoms with E-state index in [-0.39, 0.29) is 36.1 Å². The molecular formula is C27H26F2N2O7. The number of pyridine rings is 1. The van der Waals surface area contributed by atoms with Gasteiger partial charge >= 0.3 is 5.97 Å². The molecule has 4 rings (SSSR count). The Morgan fingerprint density at radius 2 is 1.79 bits per heavy atom. The number of carbonyl (C=O) groups excluding carboxylic acids is 2. The fourth-order valence-corrected chi connectivity index (χ4v) is 3.38. The number of ether oxygens (including phenoxy) is 5. The van der Waals surface area contributed by atoms with Crippen LogP contribution in [-0.4, -0.2) is 35.4 Å². The molecule has 2 heterocycles. The highest BCUT2D eigenvalue weighted by atomic mass is 19.1. The lowest BCUT2D eigenvalue weighted by Gasteiger charge is -2.22. The summed E-state index contributed by atoms with van der Waals surface area (Å²) < 4.78 is 55.6. The standard InChI is InChI=1S/C27H26F2N2O7/c1-15(26(33)38-27(2,3)4)36-18-6-5-16(21(29)10-18)12-30-24(32)20-9-17(28)13-31-25(20)37-19-7-8-22-23(11-19)35-14-34-22/h5-11,13,15H,12,14H2,1-4H3,(H,30,32). The average Bonchev–Trinajstić information content (AvgIpc) is 3.31. The fourth-order valence-electron chi connectivity index (χ4n) is 3.38. The Labute approximate surface area is 217 Å². The van der Waals surface area contributed by atoms with E-state index >= 15 is 0 Å². The lowest BCUT2D eigenvalue weighted by Crippen LogP contribution is -2.33. The van der Waals surface area contributed by atoms with Gasteiger partial charge in [-0.3, -0.25) is 4.79 Å². The SMILES string of the molecule is CC(Oc1ccc(CNC(=O)c2cc(F)cnc2Oc2ccc3c(c2)OCO3)c(F)c1)C(=O)OC(C)(C)C. The van der Waals surface area contributed by atoms with Crippen LogP contribution in [0.4, 0.5) is 8.78 Å². The van der Waals surface area contributed by atoms with Gasteiger partial charge in [0.15, 0.2) is 17.6 Å². The molecule has 11 heteroatoms. The number of nitrogens with one attached hydrogen (secondary N) is 1. The van der Waals surface area contributed by atoms with Crippen LogP contribution >= 0.6 is 0 Å². The molecule has 1 atom stereocenters. The van der Waals surface area contributed by atoms with E-state index in [1.807, 2.05) is 0 Å². The quantitative estimate of drug-likeness (QED) is 0.411. The number of amides is 1. The average molecular weight is 529 g/mol. The molecule has 3 aromatic rings. The monoisotopic (exact) mass is 528 g/mol. The number of halogens is 2. The van der Waals surface area contributed by atoms with Crippen LogP contribution in [0, 0.1) is 11.6 Å². The van der Waals surface area contributed by atoms with Gasteiger partial charge in [0.05, 0.1) is 6.20 Å². The predicted molar refractivity (Wildman–Crippen MR) is 130 cm³/mol. The summed E-state index contributed by atoms with van der Waals surface area (Å²) in [6.45, 7) is 6.54. The maximum Gasteiger partial charge on any atom is 0.347 e. The van der Waals surface area contributed by atoms with Crippen molar-refractivity contribution in [1.29, 1.82) is 0 Å². The highest BCUT2D eigenvalue weighted by Crippen LogP contribution is 2.36. The minimum absolute atomic E-state index is 0.0771. The maximum absolute atomic E-state index is 14.7. The van der Waals surface area contributed by atoms with Gasteiger partial charge in [-0.05, 0) is 52.0 Å². The van der Waals surface area contributed by atoms with Crippen molar-refractivity contribution >= 4 is 11.9 Å². The van der Waals surface area contributed by atoms with E-state index in [0.717, 1.165) is 18.3 Å². The first-order valence-electron chi connectivity index (χ1n) is 11.7. The summed E-state index contributed by atoms with van der Waals surface area (Å²) >= 11 is 0. The van der Waals surface area contributed by atoms with Crippen LogP contribution in [0.2, 0.25) is 0 Å². The van der Waals surface area contributed by atoms with Gasteiger partial charge in [0.25, 0.3) is 5.91 Å². The van der Waals surface area contributed by atoms with Gasteiger partial charge < -0.3 is 29.0 Å². The van der Waals surface area contributed by atoms with Crippen molar-refractivity contribution in [3.63, 3.8) is 0 Å². The minimum Gasteiger partial charge on any atom is -0.479 e. The lowest BCUT2D eigenvalue weighted by atomic mass is 10.2. The third-order valence-electron chi connectivity index (χ3n) is 5.14. The molecule has 2 aromatic carbocycles. The first-order chi connectivity index (χ1) is 18.0. The van der Waals surface area contributed by atoms with Crippen molar-refractivity contribution in [2.24, 2.45) is 0 Å². The van der Waals surface area contributed by atoms with Gasteiger partial charge in [0.1, 0.15) is 34.3 Å². The molecule has 0 bridgehead atoms. The summed E-state index contributed by atoms with van der Waals surface area (Å²) in [7, 11) is 0. The summed E-state index contributed by atoms with van der Waals surface area (Å²) in [6.07, 6.45) is -0.0433. The molecule has 1 aliphatic rings. The highest BCUT2D eigenvalue weighted by molar-refractivity contribution is 5.96. The third-order valence-corrected chi connectivity index (χ3v) is 5.14. The van der Waals surface area contributed by atoms with E-state index in [2.05, 4.69) is 10.3 Å². The van der Waals surface area contributed by atoms with Crippen molar-refractivity contribution in [2.75, 3.05) is 6.79 Å². The molecule has 9 nitrogen and oxygen atoms in total. The Hall–Kier alpha value is -4.41. The van der Waals surface area contributed by atoms with E-state index in [1.165, 1.54) is 19.1 Å². The van der Waals surface area contributed by atoms with Crippen LogP contribution in [0.25, 0.3) is 0 Å². The van der Waals surface area contributed by atoms with E-state index in [9.17, 15) is 18.4 Å². The summed E-state index contributed by atoms with van der Waals surface area (Å²) in [4.78, 5) is 28.8. The largest absolute Gasteiger partial charge is 0.479 e. The predicted octanol–water partition coefficient (Wildman–Crippen LogP) is 4.92. The van der Waals surface area contributed by atoms with Crippen molar-refractivity contribution in [3.05, 3.63) is 71.4 Å². The molecule has 38 heavy (non-hydrogen) atoms. The zero-order chi connectivity index (χ0) is 27.4. The minimum atomic E-state index is -0.956. The number of benzene rings is 2. The number of carbonyl (C=O) groups is 2. The van der Waals surface area contributed by atoms with Crippen molar-refractivity contribution < 1.29 is 42.1 Å². The summed E-state index contributed by atoms with van der Waals surface area (Å²) in [5.41, 5.74) is -0.735. The second-order valence-electron chi connectivity index (χ2n) is 9.35. The van der Waals surface area contributed by atoms with Crippen LogP contribution in [0.3, 0.4) is 0 Å². The Kier molecular flexibility index (Phi) is 7.65. The molecule has 1 aliphatic heterocycles. The topological polar surface area (TPSA) is 105 Å². The molecular weight excluding hydrogens is 502 g/mol. The molecule has 0 spiro atoms. The fraction of sp³-hybridized carbons (Fsp3) is 0.296. The Morgan fingerprint density at radius 1 is 1.05 bits per heavy atom. The zero-order valence-electron chi connectivity index (χ0n) is 21.2. The molecule has 0 fully saturated rings. The van der Waals surface area contributed by atoms with Crippen LogP contribution < -0.4 is 24.3 Å². The van der Waals surface area contributed by atoms with E-state index < -0.39 is 35.2 Å². The van der Waals surface area contributed by atoms with Crippen LogP contribution in [0.1, 0.15) is 43.6 Å². The molecule has 0 radical (unpaired) electrons. The maximum atomic E-state index is 14.7. The van der Waals surface area contributed by atoms with Gasteiger partial charge in [-0.15, -0.1) is 0 Å². The molecule has 1 unspecified atom stereocenters. The number of rotatable bonds is 8. The number of fused-ring (bicyclic) bond motifs is 1. The summed E-state index contributed by atoms with van der Waals surface area (Å²) in [5.74, 6) is -1.48. The van der Waals surface area contributed by atoms with Crippen molar-refractivity contribution in [1.82, 2.24) is 10.3 Å². The Balaban J connectivity index is 1.41. The first-order valence-corrected chi connectivity index (χ1v) is 11.7. The van der Waals surface area contributed by atoms with Crippen molar-refractivity contribution in [3.8, 4) is 28.9 Å². The number of aromatic nitrogens is 1. The van der Waals surface area contributed by atoms with Gasteiger partial charge in [-0.25, -0.2) is 18.6 Å². The number of esters is 1. The van der Waals surface area contributed by atoms with Gasteiger partial charge in [-0.2, -0.15) is 0 Å². The molecule has 1 N–H and O–H groups in total. The summed E-state index contributed by atoms with van der Waals surface area (Å²) in [5, 5.41) is 2.53. The van der Waals surface area contributed by atoms with Crippen LogP contribution in [0.15, 0.2) is 48.7 Å². The number of nitrogens with zero attached hydrogens (tertiary/aromatic N) is 1. The Morgan fingerprint density at radius 3 is 2.53 bits per heavy atom. The normalized spacial score (nSPS) is 13.0. The molecule has 0 saturated heterocycles. The zero-order valence-corrected chi connectivity index (χ0v) is 21.2. The first kappa shape index (κ1) is 26.6. The van der Waals surface area contributed by atoms with Gasteiger partial charge in [-0.1, -0.05) is 6.07 Å². The molecule has 0 saturated carbocycles. The highest BCUT2D eigenvalue weighted by Gasteiger charge is 2.24. The lowest BCUT2D eigenvalue weighted by molar-refractivity contribution is -0.162. The van der Waals surface area contributed by atoms with Crippen molar-refractivity contribution in [2.45, 2.75) is 45.9 Å². The second kappa shape index (κ2) is 10.9. The van der Waals surface area contributed by atoms with E-state index in [1.54, 1.807) is 39.0 Å². The van der Waals surface area contributed by atoms with Crippen LogP contribution in [-0.2, 0) is 16.1 Å². The second-order valence-corrected chi connectivity index (χ2v) is 9.35. The summed E-state index contributed by atoms with van der Waals surface area (Å²) in [6, 6.07) is 9.70. The molecule has 0 aliphatic carbocycles.